The summed E-state index contributed by atoms with van der Waals surface area (Å²) in [5.41, 5.74) is 6.76. The molecule has 0 radical (unpaired) electrons. The number of hydrogen-bond acceptors (Lipinski definition) is 6. The fourth-order valence-electron chi connectivity index (χ4n) is 6.75. The van der Waals surface area contributed by atoms with Gasteiger partial charge in [0.2, 0.25) is 0 Å². The summed E-state index contributed by atoms with van der Waals surface area (Å²) in [5, 5.41) is 4.41. The zero-order valence-corrected chi connectivity index (χ0v) is 31.1. The molecule has 0 saturated carbocycles. The standard InChI is InChI=1S/C37H52N4O3SSi/c1-24-25(2)34-29(26(3)33(24)44-46(8,9)36(4,5)6)13-16-37(7,43-34)17-20-40-18-14-27(15-19-40)22-39-35(42)30-21-28-23-38-31-11-10-12-32(45-30)41(28)31/h10-12,21,23,27H,13-20,22H2,1-9H3,(H,39,42). The quantitative estimate of drug-likeness (QED) is 0.247. The molecule has 5 heterocycles. The van der Waals surface area contributed by atoms with Crippen molar-refractivity contribution in [2.75, 3.05) is 26.2 Å². The van der Waals surface area contributed by atoms with Gasteiger partial charge >= 0.3 is 0 Å². The number of hydrogen-bond donors (Lipinski definition) is 1. The van der Waals surface area contributed by atoms with Gasteiger partial charge in [-0.15, -0.1) is 0 Å². The number of benzene rings is 1. The minimum atomic E-state index is -1.95. The maximum atomic E-state index is 13.1. The number of pyridine rings is 1. The van der Waals surface area contributed by atoms with Gasteiger partial charge in [-0.3, -0.25) is 9.20 Å². The fraction of sp³-hybridized carbons (Fsp3) is 0.568. The van der Waals surface area contributed by atoms with Crippen molar-refractivity contribution < 1.29 is 14.0 Å². The lowest BCUT2D eigenvalue weighted by Gasteiger charge is -2.41. The largest absolute Gasteiger partial charge is 0.543 e. The lowest BCUT2D eigenvalue weighted by atomic mass is 9.85. The molecule has 0 bridgehead atoms. The Morgan fingerprint density at radius 3 is 2.61 bits per heavy atom. The predicted molar refractivity (Wildman–Crippen MR) is 192 cm³/mol. The predicted octanol–water partition coefficient (Wildman–Crippen LogP) is 8.09. The molecule has 1 N–H and O–H groups in total. The molecular formula is C37H52N4O3SSi. The molecule has 1 amide bonds. The highest BCUT2D eigenvalue weighted by Crippen LogP contribution is 2.47. The molecule has 1 atom stereocenters. The molecule has 1 unspecified atom stereocenters. The van der Waals surface area contributed by atoms with Crippen molar-refractivity contribution in [2.24, 2.45) is 5.92 Å². The Morgan fingerprint density at radius 1 is 1.15 bits per heavy atom. The number of nitrogens with zero attached hydrogens (tertiary/aromatic N) is 3. The zero-order valence-electron chi connectivity index (χ0n) is 29.3. The number of thioether (sulfide) groups is 1. The molecule has 6 rings (SSSR count). The maximum Gasteiger partial charge on any atom is 0.258 e. The minimum absolute atomic E-state index is 0.0129. The third-order valence-electron chi connectivity index (χ3n) is 11.2. The number of rotatable bonds is 8. The van der Waals surface area contributed by atoms with E-state index in [9.17, 15) is 4.79 Å². The summed E-state index contributed by atoms with van der Waals surface area (Å²) >= 11 is 1.52. The first kappa shape index (κ1) is 33.2. The number of nitrogens with one attached hydrogen (secondary N) is 1. The third-order valence-corrected chi connectivity index (χ3v) is 16.6. The molecular weight excluding hydrogens is 609 g/mol. The lowest BCUT2D eigenvalue weighted by Crippen LogP contribution is -2.45. The summed E-state index contributed by atoms with van der Waals surface area (Å²) in [6, 6.07) is 6.03. The van der Waals surface area contributed by atoms with E-state index in [1.807, 2.05) is 30.5 Å². The van der Waals surface area contributed by atoms with E-state index in [1.165, 1.54) is 34.0 Å². The highest BCUT2D eigenvalue weighted by Gasteiger charge is 2.41. The molecule has 9 heteroatoms. The number of carbonyl (C=O) groups is 1. The van der Waals surface area contributed by atoms with Crippen LogP contribution in [0.2, 0.25) is 18.1 Å². The highest BCUT2D eigenvalue weighted by molar-refractivity contribution is 8.04. The molecule has 3 aliphatic rings. The molecule has 1 aromatic carbocycles. The molecule has 46 heavy (non-hydrogen) atoms. The molecule has 1 fully saturated rings. The Morgan fingerprint density at radius 2 is 1.89 bits per heavy atom. The van der Waals surface area contributed by atoms with Crippen LogP contribution in [0.3, 0.4) is 0 Å². The Balaban J connectivity index is 1.000. The Hall–Kier alpha value is -2.75. The summed E-state index contributed by atoms with van der Waals surface area (Å²) < 4.78 is 15.9. The second-order valence-corrected chi connectivity index (χ2v) is 21.3. The summed E-state index contributed by atoms with van der Waals surface area (Å²) in [4.78, 5) is 20.9. The van der Waals surface area contributed by atoms with E-state index in [1.54, 1.807) is 0 Å². The van der Waals surface area contributed by atoms with E-state index in [2.05, 4.69) is 81.2 Å². The number of amides is 1. The van der Waals surface area contributed by atoms with E-state index >= 15 is 0 Å². The van der Waals surface area contributed by atoms with Crippen molar-refractivity contribution in [3.05, 3.63) is 57.2 Å². The second kappa shape index (κ2) is 12.4. The first-order valence-corrected chi connectivity index (χ1v) is 20.8. The van der Waals surface area contributed by atoms with Crippen LogP contribution < -0.4 is 14.5 Å². The summed E-state index contributed by atoms with van der Waals surface area (Å²) in [6.45, 7) is 24.4. The van der Waals surface area contributed by atoms with E-state index < -0.39 is 8.32 Å². The van der Waals surface area contributed by atoms with Gasteiger partial charge in [-0.1, -0.05) is 38.6 Å². The van der Waals surface area contributed by atoms with Crippen molar-refractivity contribution in [1.82, 2.24) is 19.6 Å². The number of ether oxygens (including phenoxy) is 1. The van der Waals surface area contributed by atoms with Gasteiger partial charge < -0.3 is 19.4 Å². The van der Waals surface area contributed by atoms with Crippen molar-refractivity contribution in [3.63, 3.8) is 0 Å². The van der Waals surface area contributed by atoms with Crippen molar-refractivity contribution in [1.29, 1.82) is 0 Å². The van der Waals surface area contributed by atoms with Crippen LogP contribution in [0.1, 0.15) is 81.3 Å². The number of aromatic nitrogens is 2. The van der Waals surface area contributed by atoms with E-state index in [0.717, 1.165) is 91.1 Å². The van der Waals surface area contributed by atoms with E-state index in [0.29, 0.717) is 5.92 Å². The van der Waals surface area contributed by atoms with Gasteiger partial charge in [-0.2, -0.15) is 0 Å². The topological polar surface area (TPSA) is 68.1 Å². The molecule has 0 spiro atoms. The molecule has 3 aliphatic heterocycles. The minimum Gasteiger partial charge on any atom is -0.543 e. The Kier molecular flexibility index (Phi) is 8.91. The van der Waals surface area contributed by atoms with Crippen LogP contribution >= 0.6 is 11.8 Å². The Labute approximate surface area is 280 Å². The number of likely N-dealkylation sites (tertiary alicyclic amines) is 1. The molecule has 248 valence electrons. The zero-order chi connectivity index (χ0) is 33.0. The van der Waals surface area contributed by atoms with Gasteiger partial charge in [0.15, 0.2) is 0 Å². The van der Waals surface area contributed by atoms with Crippen LogP contribution in [0.15, 0.2) is 34.3 Å². The van der Waals surface area contributed by atoms with Gasteiger partial charge in [0, 0.05) is 18.7 Å². The number of fused-ring (bicyclic) bond motifs is 1. The molecule has 3 aromatic rings. The van der Waals surface area contributed by atoms with Gasteiger partial charge in [0.1, 0.15) is 22.7 Å². The summed E-state index contributed by atoms with van der Waals surface area (Å²) in [6.07, 6.45) is 9.07. The number of carbonyl (C=O) groups excluding carboxylic acids is 1. The molecule has 0 aliphatic carbocycles. The van der Waals surface area contributed by atoms with Gasteiger partial charge in [0.25, 0.3) is 14.2 Å². The van der Waals surface area contributed by atoms with Gasteiger partial charge in [0.05, 0.1) is 21.8 Å². The third kappa shape index (κ3) is 6.39. The number of piperidine rings is 1. The van der Waals surface area contributed by atoms with Crippen LogP contribution in [0.4, 0.5) is 0 Å². The summed E-state index contributed by atoms with van der Waals surface area (Å²) in [7, 11) is -1.95. The van der Waals surface area contributed by atoms with Crippen LogP contribution in [0, 0.1) is 26.7 Å². The van der Waals surface area contributed by atoms with Gasteiger partial charge in [-0.05, 0) is 132 Å². The van der Waals surface area contributed by atoms with Crippen molar-refractivity contribution in [2.45, 2.75) is 109 Å². The van der Waals surface area contributed by atoms with Gasteiger partial charge in [-0.25, -0.2) is 4.98 Å². The average molecular weight is 661 g/mol. The first-order valence-electron chi connectivity index (χ1n) is 17.0. The first-order chi connectivity index (χ1) is 21.7. The SMILES string of the molecule is Cc1c(C)c2c(c(C)c1O[Si](C)(C)C(C)(C)C)CCC(C)(CCN1CCC(CNC(=O)C3=Cc4cnc5cccc(n45)S3)CC1)O2. The smallest absolute Gasteiger partial charge is 0.258 e. The second-order valence-electron chi connectivity index (χ2n) is 15.5. The van der Waals surface area contributed by atoms with Crippen LogP contribution in [0.5, 0.6) is 11.5 Å². The van der Waals surface area contributed by atoms with Crippen LogP contribution in [0.25, 0.3) is 11.7 Å². The van der Waals surface area contributed by atoms with Crippen molar-refractivity contribution in [3.8, 4) is 11.5 Å². The van der Waals surface area contributed by atoms with Crippen LogP contribution in [-0.4, -0.2) is 60.3 Å². The summed E-state index contributed by atoms with van der Waals surface area (Å²) in [5.74, 6) is 2.70. The van der Waals surface area contributed by atoms with E-state index in [4.69, 9.17) is 9.16 Å². The molecule has 2 aromatic heterocycles. The van der Waals surface area contributed by atoms with Crippen LogP contribution in [-0.2, 0) is 11.2 Å². The van der Waals surface area contributed by atoms with Crippen molar-refractivity contribution >= 4 is 37.7 Å². The normalized spacial score (nSPS) is 20.7. The number of imidazole rings is 1. The lowest BCUT2D eigenvalue weighted by molar-refractivity contribution is -0.117. The fourth-order valence-corrected chi connectivity index (χ4v) is 8.88. The van der Waals surface area contributed by atoms with E-state index in [-0.39, 0.29) is 16.5 Å². The average Bonchev–Trinajstić information content (AvgIpc) is 3.44. The molecule has 1 saturated heterocycles. The highest BCUT2D eigenvalue weighted by atomic mass is 32.2. The Bertz CT molecular complexity index is 1680. The monoisotopic (exact) mass is 660 g/mol. The maximum absolute atomic E-state index is 13.1. The molecule has 7 nitrogen and oxygen atoms in total.